The van der Waals surface area contributed by atoms with Crippen LogP contribution >= 0.6 is 27.5 Å². The van der Waals surface area contributed by atoms with Gasteiger partial charge in [0.15, 0.2) is 0 Å². The first kappa shape index (κ1) is 15.9. The Morgan fingerprint density at radius 1 is 1.19 bits per heavy atom. The number of nitro benzene ring substituents is 1. The molecule has 0 aliphatic heterocycles. The molecule has 2 rings (SSSR count). The molecule has 0 unspecified atom stereocenters. The van der Waals surface area contributed by atoms with Gasteiger partial charge in [-0.25, -0.2) is 4.39 Å². The topological polar surface area (TPSA) is 55.2 Å². The Bertz CT molecular complexity index is 682. The molecule has 7 heteroatoms. The molecule has 0 bridgehead atoms. The van der Waals surface area contributed by atoms with Crippen molar-refractivity contribution in [3.05, 3.63) is 73.0 Å². The Morgan fingerprint density at radius 3 is 2.62 bits per heavy atom. The fourth-order valence-electron chi connectivity index (χ4n) is 1.87. The first-order valence-corrected chi connectivity index (χ1v) is 7.22. The summed E-state index contributed by atoms with van der Waals surface area (Å²) in [6, 6.07) is 9.13. The highest BCUT2D eigenvalue weighted by Gasteiger charge is 2.14. The molecule has 0 fully saturated rings. The lowest BCUT2D eigenvalue weighted by Gasteiger charge is -2.07. The van der Waals surface area contributed by atoms with Gasteiger partial charge in [0, 0.05) is 39.8 Å². The van der Waals surface area contributed by atoms with Crippen LogP contribution in [0.15, 0.2) is 40.9 Å². The predicted molar refractivity (Wildman–Crippen MR) is 82.8 cm³/mol. The van der Waals surface area contributed by atoms with Gasteiger partial charge < -0.3 is 5.32 Å². The molecule has 4 nitrogen and oxygen atoms in total. The van der Waals surface area contributed by atoms with E-state index in [1.807, 2.05) is 0 Å². The molecule has 2 aromatic carbocycles. The molecule has 0 saturated carbocycles. The van der Waals surface area contributed by atoms with Gasteiger partial charge in [-0.05, 0) is 30.3 Å². The van der Waals surface area contributed by atoms with E-state index in [9.17, 15) is 14.5 Å². The molecule has 21 heavy (non-hydrogen) atoms. The van der Waals surface area contributed by atoms with Crippen LogP contribution in [0, 0.1) is 15.9 Å². The van der Waals surface area contributed by atoms with E-state index in [0.717, 1.165) is 4.47 Å². The number of nitrogens with zero attached hydrogens (tertiary/aromatic N) is 1. The van der Waals surface area contributed by atoms with Crippen LogP contribution < -0.4 is 5.32 Å². The summed E-state index contributed by atoms with van der Waals surface area (Å²) in [4.78, 5) is 10.5. The number of hydrogen-bond donors (Lipinski definition) is 1. The highest BCUT2D eigenvalue weighted by molar-refractivity contribution is 9.10. The van der Waals surface area contributed by atoms with Crippen molar-refractivity contribution >= 4 is 33.2 Å². The summed E-state index contributed by atoms with van der Waals surface area (Å²) in [6.07, 6.45) is 0. The quantitative estimate of drug-likeness (QED) is 0.623. The van der Waals surface area contributed by atoms with Crippen LogP contribution in [0.5, 0.6) is 0 Å². The van der Waals surface area contributed by atoms with E-state index in [2.05, 4.69) is 21.2 Å². The summed E-state index contributed by atoms with van der Waals surface area (Å²) < 4.78 is 14.3. The minimum atomic E-state index is -0.484. The third-order valence-electron chi connectivity index (χ3n) is 2.88. The Labute approximate surface area is 134 Å². The maximum absolute atomic E-state index is 13.6. The molecule has 0 spiro atoms. The van der Waals surface area contributed by atoms with Gasteiger partial charge in [-0.2, -0.15) is 0 Å². The molecule has 0 heterocycles. The summed E-state index contributed by atoms with van der Waals surface area (Å²) in [6.45, 7) is 0.518. The lowest BCUT2D eigenvalue weighted by atomic mass is 10.1. The zero-order valence-electron chi connectivity index (χ0n) is 10.8. The molecule has 0 saturated heterocycles. The van der Waals surface area contributed by atoms with Crippen LogP contribution in [0.1, 0.15) is 11.1 Å². The number of nitrogens with one attached hydrogen (secondary N) is 1. The molecule has 0 aliphatic rings. The molecule has 0 atom stereocenters. The monoisotopic (exact) mass is 372 g/mol. The number of halogens is 3. The molecular weight excluding hydrogens is 363 g/mol. The lowest BCUT2D eigenvalue weighted by Crippen LogP contribution is -2.14. The molecule has 0 radical (unpaired) electrons. The summed E-state index contributed by atoms with van der Waals surface area (Å²) >= 11 is 9.02. The maximum Gasteiger partial charge on any atom is 0.275 e. The van der Waals surface area contributed by atoms with Gasteiger partial charge in [-0.3, -0.25) is 10.1 Å². The van der Waals surface area contributed by atoms with Crippen molar-refractivity contribution in [1.82, 2.24) is 5.32 Å². The zero-order valence-corrected chi connectivity index (χ0v) is 13.1. The van der Waals surface area contributed by atoms with E-state index >= 15 is 0 Å². The van der Waals surface area contributed by atoms with Crippen LogP contribution in [-0.2, 0) is 13.1 Å². The van der Waals surface area contributed by atoms with Crippen molar-refractivity contribution in [1.29, 1.82) is 0 Å². The van der Waals surface area contributed by atoms with E-state index < -0.39 is 4.92 Å². The minimum Gasteiger partial charge on any atom is -0.308 e. The van der Waals surface area contributed by atoms with Crippen molar-refractivity contribution in [2.45, 2.75) is 13.1 Å². The maximum atomic E-state index is 13.6. The van der Waals surface area contributed by atoms with Gasteiger partial charge in [0.25, 0.3) is 5.69 Å². The summed E-state index contributed by atoms with van der Waals surface area (Å²) in [5.74, 6) is -0.323. The van der Waals surface area contributed by atoms with E-state index in [1.54, 1.807) is 24.3 Å². The largest absolute Gasteiger partial charge is 0.308 e. The van der Waals surface area contributed by atoms with E-state index in [4.69, 9.17) is 11.6 Å². The predicted octanol–water partition coefficient (Wildman–Crippen LogP) is 4.44. The normalized spacial score (nSPS) is 10.6. The molecule has 0 aliphatic carbocycles. The van der Waals surface area contributed by atoms with E-state index in [0.29, 0.717) is 16.1 Å². The molecule has 0 amide bonds. The van der Waals surface area contributed by atoms with Crippen molar-refractivity contribution in [2.75, 3.05) is 0 Å². The number of benzene rings is 2. The lowest BCUT2D eigenvalue weighted by molar-refractivity contribution is -0.385. The minimum absolute atomic E-state index is 0.0512. The van der Waals surface area contributed by atoms with Crippen molar-refractivity contribution in [3.8, 4) is 0 Å². The van der Waals surface area contributed by atoms with Gasteiger partial charge in [0.05, 0.1) is 4.92 Å². The van der Waals surface area contributed by atoms with Crippen molar-refractivity contribution in [3.63, 3.8) is 0 Å². The number of rotatable bonds is 5. The average Bonchev–Trinajstić information content (AvgIpc) is 2.44. The number of hydrogen-bond acceptors (Lipinski definition) is 3. The average molecular weight is 374 g/mol. The fourth-order valence-corrected chi connectivity index (χ4v) is 2.44. The zero-order chi connectivity index (χ0) is 15.4. The highest BCUT2D eigenvalue weighted by atomic mass is 79.9. The first-order valence-electron chi connectivity index (χ1n) is 6.05. The Hall–Kier alpha value is -1.50. The van der Waals surface area contributed by atoms with Crippen molar-refractivity contribution < 1.29 is 9.31 Å². The van der Waals surface area contributed by atoms with Crippen LogP contribution in [0.3, 0.4) is 0 Å². The fraction of sp³-hybridized carbons (Fsp3) is 0.143. The second-order valence-corrected chi connectivity index (χ2v) is 5.72. The molecule has 110 valence electrons. The Balaban J connectivity index is 2.07. The standard InChI is InChI=1S/C14H11BrClFN2O2/c15-11-2-4-13(17)10(5-11)8-18-7-9-1-3-12(16)6-14(9)19(20)21/h1-6,18H,7-8H2. The van der Waals surface area contributed by atoms with Crippen LogP contribution in [0.2, 0.25) is 5.02 Å². The third kappa shape index (κ3) is 4.23. The number of nitro groups is 1. The van der Waals surface area contributed by atoms with E-state index in [-0.39, 0.29) is 24.6 Å². The second kappa shape index (κ2) is 6.98. The van der Waals surface area contributed by atoms with Crippen LogP contribution in [0.25, 0.3) is 0 Å². The smallest absolute Gasteiger partial charge is 0.275 e. The van der Waals surface area contributed by atoms with Gasteiger partial charge >= 0.3 is 0 Å². The van der Waals surface area contributed by atoms with Gasteiger partial charge in [0.1, 0.15) is 5.82 Å². The van der Waals surface area contributed by atoms with Crippen LogP contribution in [0.4, 0.5) is 10.1 Å². The Kier molecular flexibility index (Phi) is 5.27. The molecular formula is C14H11BrClFN2O2. The molecule has 0 aromatic heterocycles. The van der Waals surface area contributed by atoms with Gasteiger partial charge in [-0.15, -0.1) is 0 Å². The SMILES string of the molecule is O=[N+]([O-])c1cc(Cl)ccc1CNCc1cc(Br)ccc1F. The van der Waals surface area contributed by atoms with Gasteiger partial charge in [-0.1, -0.05) is 27.5 Å². The Morgan fingerprint density at radius 2 is 1.90 bits per heavy atom. The summed E-state index contributed by atoms with van der Waals surface area (Å²) in [5.41, 5.74) is 0.936. The van der Waals surface area contributed by atoms with Gasteiger partial charge in [0.2, 0.25) is 0 Å². The second-order valence-electron chi connectivity index (χ2n) is 4.37. The summed E-state index contributed by atoms with van der Waals surface area (Å²) in [7, 11) is 0. The first-order chi connectivity index (χ1) is 9.97. The molecule has 1 N–H and O–H groups in total. The summed E-state index contributed by atoms with van der Waals surface area (Å²) in [5, 5.41) is 14.3. The van der Waals surface area contributed by atoms with E-state index in [1.165, 1.54) is 12.1 Å². The third-order valence-corrected chi connectivity index (χ3v) is 3.61. The highest BCUT2D eigenvalue weighted by Crippen LogP contribution is 2.23. The molecule has 2 aromatic rings. The van der Waals surface area contributed by atoms with Crippen molar-refractivity contribution in [2.24, 2.45) is 0 Å². The van der Waals surface area contributed by atoms with Crippen LogP contribution in [-0.4, -0.2) is 4.92 Å².